The Balaban J connectivity index is 1.72. The van der Waals surface area contributed by atoms with E-state index in [0.29, 0.717) is 25.1 Å². The number of nitrogens with zero attached hydrogens (tertiary/aromatic N) is 1. The molecule has 3 aromatic rings. The van der Waals surface area contributed by atoms with Crippen LogP contribution in [0.4, 0.5) is 0 Å². The molecule has 0 bridgehead atoms. The molecule has 1 amide bonds. The van der Waals surface area contributed by atoms with E-state index in [1.54, 1.807) is 12.1 Å². The molecule has 0 atom stereocenters. The zero-order valence-electron chi connectivity index (χ0n) is 17.6. The Kier molecular flexibility index (Phi) is 8.01. The number of phenolic OH excluding ortho intramolecular Hbond substituents is 2. The van der Waals surface area contributed by atoms with E-state index in [0.717, 1.165) is 42.4 Å². The van der Waals surface area contributed by atoms with Gasteiger partial charge in [0.25, 0.3) is 0 Å². The van der Waals surface area contributed by atoms with Crippen LogP contribution in [-0.4, -0.2) is 29.2 Å². The van der Waals surface area contributed by atoms with Crippen LogP contribution in [0.25, 0.3) is 23.1 Å². The van der Waals surface area contributed by atoms with Crippen LogP contribution in [0.15, 0.2) is 54.6 Å². The van der Waals surface area contributed by atoms with Crippen LogP contribution in [0.1, 0.15) is 36.9 Å². The SMILES string of the molecule is NCCNC(=O)CCCCC[n+]1c(/C=C/c2ccc(O)cc2O)ccc2ccccc21. The third-order valence-corrected chi connectivity index (χ3v) is 5.17. The molecule has 6 nitrogen and oxygen atoms in total. The summed E-state index contributed by atoms with van der Waals surface area (Å²) in [6.07, 6.45) is 7.08. The highest BCUT2D eigenvalue weighted by atomic mass is 16.3. The second-order valence-electron chi connectivity index (χ2n) is 7.49. The standard InChI is InChI=1S/C25H29N3O3/c26-15-16-27-25(31)8-2-1-5-17-28-21(12-9-19-6-3-4-7-23(19)28)13-10-20-11-14-22(29)18-24(20)30/h3-4,6-7,9-14,18H,1-2,5,8,15-17,26H2,(H2,27,29,30,31)/p+1. The largest absolute Gasteiger partial charge is 0.508 e. The van der Waals surface area contributed by atoms with Crippen molar-refractivity contribution in [1.82, 2.24) is 5.32 Å². The summed E-state index contributed by atoms with van der Waals surface area (Å²) in [7, 11) is 0. The van der Waals surface area contributed by atoms with Gasteiger partial charge in [-0.25, -0.2) is 0 Å². The topological polar surface area (TPSA) is 99.5 Å². The second-order valence-corrected chi connectivity index (χ2v) is 7.49. The second kappa shape index (κ2) is 11.1. The number of unbranched alkanes of at least 4 members (excludes halogenated alkanes) is 2. The number of para-hydroxylation sites is 1. The van der Waals surface area contributed by atoms with Gasteiger partial charge in [-0.2, -0.15) is 4.57 Å². The molecule has 3 rings (SSSR count). The van der Waals surface area contributed by atoms with E-state index in [1.807, 2.05) is 24.3 Å². The lowest BCUT2D eigenvalue weighted by Crippen LogP contribution is -2.38. The summed E-state index contributed by atoms with van der Waals surface area (Å²) in [5.41, 5.74) is 8.20. The normalized spacial score (nSPS) is 11.3. The van der Waals surface area contributed by atoms with Crippen molar-refractivity contribution in [2.45, 2.75) is 32.2 Å². The summed E-state index contributed by atoms with van der Waals surface area (Å²) in [5.74, 6) is 0.129. The molecule has 2 aromatic carbocycles. The number of aryl methyl sites for hydroxylation is 1. The number of fused-ring (bicyclic) bond motifs is 1. The van der Waals surface area contributed by atoms with Crippen molar-refractivity contribution in [2.75, 3.05) is 13.1 Å². The van der Waals surface area contributed by atoms with E-state index in [4.69, 9.17) is 5.73 Å². The maximum absolute atomic E-state index is 11.7. The minimum atomic E-state index is 0.0344. The Bertz CT molecular complexity index is 1060. The molecule has 0 aliphatic rings. The minimum absolute atomic E-state index is 0.0344. The Morgan fingerprint density at radius 3 is 2.65 bits per heavy atom. The van der Waals surface area contributed by atoms with Gasteiger partial charge in [0.05, 0.1) is 0 Å². The predicted molar refractivity (Wildman–Crippen MR) is 123 cm³/mol. The molecular weight excluding hydrogens is 390 g/mol. The molecule has 1 aromatic heterocycles. The lowest BCUT2D eigenvalue weighted by Gasteiger charge is -2.06. The number of carbonyl (C=O) groups is 1. The first-order valence-electron chi connectivity index (χ1n) is 10.7. The molecule has 0 unspecified atom stereocenters. The van der Waals surface area contributed by atoms with E-state index in [-0.39, 0.29) is 17.4 Å². The third-order valence-electron chi connectivity index (χ3n) is 5.17. The summed E-state index contributed by atoms with van der Waals surface area (Å²) in [5, 5.41) is 23.5. The number of rotatable bonds is 10. The van der Waals surface area contributed by atoms with Gasteiger partial charge in [0, 0.05) is 61.2 Å². The number of hydrogen-bond acceptors (Lipinski definition) is 4. The molecule has 0 fully saturated rings. The van der Waals surface area contributed by atoms with Gasteiger partial charge in [-0.3, -0.25) is 4.79 Å². The number of phenols is 2. The Labute approximate surface area is 182 Å². The molecule has 6 heteroatoms. The summed E-state index contributed by atoms with van der Waals surface area (Å²) in [6, 6.07) is 17.0. The fourth-order valence-electron chi connectivity index (χ4n) is 3.55. The quantitative estimate of drug-likeness (QED) is 0.299. The predicted octanol–water partition coefficient (Wildman–Crippen LogP) is 3.34. The summed E-state index contributed by atoms with van der Waals surface area (Å²) >= 11 is 0. The van der Waals surface area contributed by atoms with Gasteiger partial charge in [0.2, 0.25) is 17.1 Å². The van der Waals surface area contributed by atoms with Crippen LogP contribution >= 0.6 is 0 Å². The summed E-state index contributed by atoms with van der Waals surface area (Å²) in [4.78, 5) is 11.7. The van der Waals surface area contributed by atoms with E-state index in [9.17, 15) is 15.0 Å². The molecule has 0 aliphatic heterocycles. The smallest absolute Gasteiger partial charge is 0.220 e. The summed E-state index contributed by atoms with van der Waals surface area (Å²) < 4.78 is 2.26. The first-order valence-corrected chi connectivity index (χ1v) is 10.7. The molecule has 0 radical (unpaired) electrons. The fraction of sp³-hybridized carbons (Fsp3) is 0.280. The van der Waals surface area contributed by atoms with Crippen LogP contribution in [-0.2, 0) is 11.3 Å². The van der Waals surface area contributed by atoms with Crippen LogP contribution in [0, 0.1) is 0 Å². The molecule has 5 N–H and O–H groups in total. The van der Waals surface area contributed by atoms with Crippen LogP contribution in [0.3, 0.4) is 0 Å². The van der Waals surface area contributed by atoms with Crippen LogP contribution in [0.2, 0.25) is 0 Å². The Morgan fingerprint density at radius 1 is 1.00 bits per heavy atom. The number of aromatic hydroxyl groups is 2. The van der Waals surface area contributed by atoms with E-state index >= 15 is 0 Å². The average Bonchev–Trinajstić information content (AvgIpc) is 2.77. The molecule has 0 spiro atoms. The zero-order valence-corrected chi connectivity index (χ0v) is 17.6. The fourth-order valence-corrected chi connectivity index (χ4v) is 3.55. The number of benzene rings is 2. The molecule has 0 aliphatic carbocycles. The van der Waals surface area contributed by atoms with Gasteiger partial charge in [0.15, 0.2) is 0 Å². The molecule has 162 valence electrons. The number of hydrogen-bond donors (Lipinski definition) is 4. The number of carbonyl (C=O) groups excluding carboxylic acids is 1. The third kappa shape index (κ3) is 6.30. The van der Waals surface area contributed by atoms with Crippen molar-refractivity contribution in [3.8, 4) is 11.5 Å². The highest BCUT2D eigenvalue weighted by Gasteiger charge is 2.14. The van der Waals surface area contributed by atoms with Crippen LogP contribution in [0.5, 0.6) is 11.5 Å². The van der Waals surface area contributed by atoms with E-state index in [1.165, 1.54) is 6.07 Å². The highest BCUT2D eigenvalue weighted by molar-refractivity contribution is 5.78. The lowest BCUT2D eigenvalue weighted by molar-refractivity contribution is -0.673. The lowest BCUT2D eigenvalue weighted by atomic mass is 10.1. The van der Waals surface area contributed by atoms with Gasteiger partial charge in [-0.15, -0.1) is 0 Å². The molecular formula is C25H30N3O3+. The monoisotopic (exact) mass is 420 g/mol. The van der Waals surface area contributed by atoms with Crippen molar-refractivity contribution in [2.24, 2.45) is 5.73 Å². The van der Waals surface area contributed by atoms with Gasteiger partial charge < -0.3 is 21.3 Å². The molecule has 31 heavy (non-hydrogen) atoms. The van der Waals surface area contributed by atoms with E-state index < -0.39 is 0 Å². The molecule has 1 heterocycles. The van der Waals surface area contributed by atoms with Gasteiger partial charge in [-0.1, -0.05) is 12.1 Å². The van der Waals surface area contributed by atoms with E-state index in [2.05, 4.69) is 34.1 Å². The maximum atomic E-state index is 11.7. The number of pyridine rings is 1. The average molecular weight is 421 g/mol. The zero-order chi connectivity index (χ0) is 22.1. The van der Waals surface area contributed by atoms with Crippen molar-refractivity contribution >= 4 is 29.0 Å². The van der Waals surface area contributed by atoms with Crippen molar-refractivity contribution < 1.29 is 19.6 Å². The number of nitrogens with two attached hydrogens (primary N) is 1. The van der Waals surface area contributed by atoms with Gasteiger partial charge in [0.1, 0.15) is 18.0 Å². The highest BCUT2D eigenvalue weighted by Crippen LogP contribution is 2.24. The number of aromatic nitrogens is 1. The van der Waals surface area contributed by atoms with Crippen LogP contribution < -0.4 is 15.6 Å². The van der Waals surface area contributed by atoms with Crippen molar-refractivity contribution in [3.63, 3.8) is 0 Å². The Morgan fingerprint density at radius 2 is 1.84 bits per heavy atom. The minimum Gasteiger partial charge on any atom is -0.508 e. The Hall–Kier alpha value is -3.38. The number of amides is 1. The van der Waals surface area contributed by atoms with Gasteiger partial charge in [-0.05, 0) is 43.2 Å². The molecule has 0 saturated carbocycles. The molecule has 0 saturated heterocycles. The van der Waals surface area contributed by atoms with Crippen molar-refractivity contribution in [3.05, 3.63) is 65.9 Å². The number of nitrogens with one attached hydrogen (secondary N) is 1. The maximum Gasteiger partial charge on any atom is 0.220 e. The van der Waals surface area contributed by atoms with Crippen molar-refractivity contribution in [1.29, 1.82) is 0 Å². The summed E-state index contributed by atoms with van der Waals surface area (Å²) in [6.45, 7) is 1.81. The van der Waals surface area contributed by atoms with Gasteiger partial charge >= 0.3 is 0 Å². The first-order chi connectivity index (χ1) is 15.1. The first kappa shape index (κ1) is 22.3.